The zero-order valence-electron chi connectivity index (χ0n) is 21.1. The number of imide groups is 2. The van der Waals surface area contributed by atoms with Gasteiger partial charge in [0.15, 0.2) is 0 Å². The quantitative estimate of drug-likeness (QED) is 0.374. The Morgan fingerprint density at radius 1 is 0.943 bits per heavy atom. The van der Waals surface area contributed by atoms with Crippen LogP contribution in [0.5, 0.6) is 0 Å². The second-order valence-corrected chi connectivity index (χ2v) is 9.26. The number of carbonyl (C=O) groups excluding carboxylic acids is 3. The summed E-state index contributed by atoms with van der Waals surface area (Å²) in [6, 6.07) is 14.7. The molecule has 0 bridgehead atoms. The normalized spacial score (nSPS) is 16.1. The largest absolute Gasteiger partial charge is 0.335 e. The lowest BCUT2D eigenvalue weighted by molar-refractivity contribution is -0.122. The number of aromatic nitrogens is 1. The minimum Gasteiger partial charge on any atom is -0.317 e. The van der Waals surface area contributed by atoms with Gasteiger partial charge in [0, 0.05) is 11.4 Å². The van der Waals surface area contributed by atoms with E-state index in [2.05, 4.69) is 49.7 Å². The number of anilines is 1. The van der Waals surface area contributed by atoms with Crippen molar-refractivity contribution in [3.05, 3.63) is 87.7 Å². The van der Waals surface area contributed by atoms with Crippen molar-refractivity contribution >= 4 is 29.6 Å². The molecule has 1 atom stereocenters. The van der Waals surface area contributed by atoms with E-state index in [4.69, 9.17) is 0 Å². The van der Waals surface area contributed by atoms with Crippen molar-refractivity contribution in [2.24, 2.45) is 0 Å². The van der Waals surface area contributed by atoms with Crippen molar-refractivity contribution < 1.29 is 14.4 Å². The Morgan fingerprint density at radius 3 is 2.17 bits per heavy atom. The van der Waals surface area contributed by atoms with E-state index < -0.39 is 17.8 Å². The third-order valence-corrected chi connectivity index (χ3v) is 6.87. The average molecular weight is 470 g/mol. The first-order chi connectivity index (χ1) is 16.6. The number of para-hydroxylation sites is 1. The highest BCUT2D eigenvalue weighted by Gasteiger charge is 2.37. The number of carbonyl (C=O) groups is 3. The fraction of sp³-hybridized carbons (Fsp3) is 0.276. The van der Waals surface area contributed by atoms with Crippen molar-refractivity contribution in [1.29, 1.82) is 0 Å². The molecule has 1 N–H and O–H groups in total. The summed E-state index contributed by atoms with van der Waals surface area (Å²) in [4.78, 5) is 39.7. The highest BCUT2D eigenvalue weighted by molar-refractivity contribution is 6.39. The van der Waals surface area contributed by atoms with Gasteiger partial charge in [-0.05, 0) is 86.6 Å². The van der Waals surface area contributed by atoms with Crippen LogP contribution >= 0.6 is 0 Å². The Hall–Kier alpha value is -3.93. The maximum absolute atomic E-state index is 13.4. The molecule has 3 aromatic rings. The lowest BCUT2D eigenvalue weighted by Gasteiger charge is -2.26. The molecule has 2 heterocycles. The van der Waals surface area contributed by atoms with Crippen LogP contribution in [-0.4, -0.2) is 22.4 Å². The summed E-state index contributed by atoms with van der Waals surface area (Å²) in [5, 5.41) is 2.32. The van der Waals surface area contributed by atoms with Crippen molar-refractivity contribution in [2.45, 2.75) is 53.9 Å². The zero-order chi connectivity index (χ0) is 25.4. The molecule has 0 spiro atoms. The van der Waals surface area contributed by atoms with E-state index in [1.54, 1.807) is 18.2 Å². The van der Waals surface area contributed by atoms with E-state index in [1.807, 2.05) is 38.1 Å². The molecule has 0 aliphatic carbocycles. The molecular weight excluding hydrogens is 438 g/mol. The molecule has 0 radical (unpaired) electrons. The molecule has 1 fully saturated rings. The van der Waals surface area contributed by atoms with Gasteiger partial charge in [0.25, 0.3) is 11.8 Å². The van der Waals surface area contributed by atoms with Gasteiger partial charge in [-0.3, -0.25) is 14.9 Å². The molecule has 0 unspecified atom stereocenters. The summed E-state index contributed by atoms with van der Waals surface area (Å²) < 4.78 is 2.14. The number of nitrogens with zero attached hydrogens (tertiary/aromatic N) is 2. The molecule has 2 aromatic carbocycles. The Bertz CT molecular complexity index is 1340. The Labute approximate surface area is 206 Å². The fourth-order valence-electron chi connectivity index (χ4n) is 4.67. The van der Waals surface area contributed by atoms with Crippen molar-refractivity contribution in [2.75, 3.05) is 4.90 Å². The van der Waals surface area contributed by atoms with Gasteiger partial charge in [-0.2, -0.15) is 0 Å². The predicted octanol–water partition coefficient (Wildman–Crippen LogP) is 5.89. The van der Waals surface area contributed by atoms with Crippen molar-refractivity contribution in [1.82, 2.24) is 9.88 Å². The number of hydrogen-bond donors (Lipinski definition) is 1. The molecule has 6 heteroatoms. The third-order valence-electron chi connectivity index (χ3n) is 6.87. The Morgan fingerprint density at radius 2 is 1.57 bits per heavy atom. The molecule has 6 nitrogen and oxygen atoms in total. The van der Waals surface area contributed by atoms with Crippen LogP contribution in [0.1, 0.15) is 59.8 Å². The Kier molecular flexibility index (Phi) is 6.48. The second-order valence-electron chi connectivity index (χ2n) is 9.26. The first-order valence-electron chi connectivity index (χ1n) is 11.9. The van der Waals surface area contributed by atoms with Gasteiger partial charge >= 0.3 is 6.03 Å². The topological polar surface area (TPSA) is 71.4 Å². The van der Waals surface area contributed by atoms with E-state index >= 15 is 0 Å². The first-order valence-corrected chi connectivity index (χ1v) is 11.9. The van der Waals surface area contributed by atoms with Crippen LogP contribution in [0, 0.1) is 27.7 Å². The maximum Gasteiger partial charge on any atom is 0.335 e. The zero-order valence-corrected chi connectivity index (χ0v) is 21.1. The number of hydrogen-bond acceptors (Lipinski definition) is 3. The number of barbiturate groups is 1. The monoisotopic (exact) mass is 469 g/mol. The summed E-state index contributed by atoms with van der Waals surface area (Å²) in [5.41, 5.74) is 7.50. The summed E-state index contributed by atoms with van der Waals surface area (Å²) >= 11 is 0. The summed E-state index contributed by atoms with van der Waals surface area (Å²) in [6.45, 7) is 12.3. The standard InChI is InChI=1S/C29H31N3O3/c1-7-17(2)22-11-13-24(14-12-22)32-28(34)25(27(33)30-29(32)35)16-23-15-20(5)31(21(23)6)26-18(3)9-8-10-19(26)4/h8-17H,7H2,1-6H3,(H,30,33,35)/b25-16+/t17-/m0/s1. The SMILES string of the molecule is CC[C@H](C)c1ccc(N2C(=O)NC(=O)/C(=C\c3cc(C)n(-c4c(C)cccc4C)c3C)C2=O)cc1. The average Bonchev–Trinajstić information content (AvgIpc) is 3.09. The minimum absolute atomic E-state index is 0.0719. The maximum atomic E-state index is 13.4. The highest BCUT2D eigenvalue weighted by Crippen LogP contribution is 2.29. The molecule has 4 rings (SSSR count). The molecule has 0 saturated carbocycles. The van der Waals surface area contributed by atoms with E-state index in [-0.39, 0.29) is 5.57 Å². The van der Waals surface area contributed by atoms with Crippen LogP contribution in [-0.2, 0) is 9.59 Å². The van der Waals surface area contributed by atoms with Gasteiger partial charge in [-0.25, -0.2) is 9.69 Å². The fourth-order valence-corrected chi connectivity index (χ4v) is 4.67. The number of amides is 4. The van der Waals surface area contributed by atoms with Crippen LogP contribution in [0.15, 0.2) is 54.1 Å². The lowest BCUT2D eigenvalue weighted by atomic mass is 9.98. The van der Waals surface area contributed by atoms with E-state index in [1.165, 1.54) is 0 Å². The molecule has 180 valence electrons. The van der Waals surface area contributed by atoms with Gasteiger partial charge in [-0.1, -0.05) is 44.2 Å². The summed E-state index contributed by atoms with van der Waals surface area (Å²) in [7, 11) is 0. The van der Waals surface area contributed by atoms with Crippen LogP contribution < -0.4 is 10.2 Å². The number of benzene rings is 2. The lowest BCUT2D eigenvalue weighted by Crippen LogP contribution is -2.54. The van der Waals surface area contributed by atoms with E-state index in [9.17, 15) is 14.4 Å². The van der Waals surface area contributed by atoms with Crippen LogP contribution in [0.3, 0.4) is 0 Å². The Balaban J connectivity index is 1.74. The first kappa shape index (κ1) is 24.2. The highest BCUT2D eigenvalue weighted by atomic mass is 16.2. The predicted molar refractivity (Wildman–Crippen MR) is 139 cm³/mol. The molecular formula is C29H31N3O3. The van der Waals surface area contributed by atoms with Gasteiger partial charge in [0.05, 0.1) is 11.4 Å². The second kappa shape index (κ2) is 9.37. The third kappa shape index (κ3) is 4.32. The molecule has 4 amide bonds. The van der Waals surface area contributed by atoms with Crippen LogP contribution in [0.25, 0.3) is 11.8 Å². The smallest absolute Gasteiger partial charge is 0.317 e. The summed E-state index contributed by atoms with van der Waals surface area (Å²) in [5.74, 6) is -0.949. The van der Waals surface area contributed by atoms with Gasteiger partial charge in [0.1, 0.15) is 5.57 Å². The number of urea groups is 1. The van der Waals surface area contributed by atoms with Crippen LogP contribution in [0.4, 0.5) is 10.5 Å². The van der Waals surface area contributed by atoms with Gasteiger partial charge < -0.3 is 4.57 Å². The molecule has 35 heavy (non-hydrogen) atoms. The minimum atomic E-state index is -0.741. The number of aryl methyl sites for hydroxylation is 3. The molecule has 1 aromatic heterocycles. The van der Waals surface area contributed by atoms with E-state index in [0.29, 0.717) is 11.6 Å². The molecule has 1 saturated heterocycles. The molecule has 1 aliphatic rings. The number of nitrogens with one attached hydrogen (secondary N) is 1. The number of rotatable bonds is 5. The van der Waals surface area contributed by atoms with Crippen molar-refractivity contribution in [3.8, 4) is 5.69 Å². The van der Waals surface area contributed by atoms with Gasteiger partial charge in [0.2, 0.25) is 0 Å². The van der Waals surface area contributed by atoms with Gasteiger partial charge in [-0.15, -0.1) is 0 Å². The van der Waals surface area contributed by atoms with Crippen LogP contribution in [0.2, 0.25) is 0 Å². The van der Waals surface area contributed by atoms with E-state index in [0.717, 1.165) is 50.6 Å². The van der Waals surface area contributed by atoms with Crippen molar-refractivity contribution in [3.63, 3.8) is 0 Å². The molecule has 1 aliphatic heterocycles. The summed E-state index contributed by atoms with van der Waals surface area (Å²) in [6.07, 6.45) is 2.57.